The van der Waals surface area contributed by atoms with E-state index in [2.05, 4.69) is 10.2 Å². The monoisotopic (exact) mass is 201 g/mol. The van der Waals surface area contributed by atoms with Gasteiger partial charge in [0.15, 0.2) is 0 Å². The molecule has 5 heteroatoms. The number of aromatic nitrogens is 3. The van der Waals surface area contributed by atoms with Crippen LogP contribution in [0.4, 0.5) is 0 Å². The van der Waals surface area contributed by atoms with Crippen LogP contribution in [-0.4, -0.2) is 28.0 Å². The van der Waals surface area contributed by atoms with Crippen molar-refractivity contribution in [1.29, 1.82) is 0 Å². The van der Waals surface area contributed by atoms with Gasteiger partial charge >= 0.3 is 0 Å². The largest absolute Gasteiger partial charge is 0.381 e. The van der Waals surface area contributed by atoms with E-state index < -0.39 is 0 Å². The predicted octanol–water partition coefficient (Wildman–Crippen LogP) is 1.59. The molecule has 0 radical (unpaired) electrons. The van der Waals surface area contributed by atoms with Crippen LogP contribution in [0.2, 0.25) is 5.28 Å². The van der Waals surface area contributed by atoms with E-state index in [9.17, 15) is 0 Å². The molecule has 0 spiro atoms. The van der Waals surface area contributed by atoms with E-state index in [1.165, 1.54) is 0 Å². The van der Waals surface area contributed by atoms with E-state index in [1.54, 1.807) is 0 Å². The molecule has 4 nitrogen and oxygen atoms in total. The molecule has 0 atom stereocenters. The molecule has 2 heterocycles. The van der Waals surface area contributed by atoms with E-state index in [-0.39, 0.29) is 0 Å². The van der Waals surface area contributed by atoms with Crippen molar-refractivity contribution in [3.05, 3.63) is 11.1 Å². The molecule has 1 aromatic heterocycles. The molecule has 13 heavy (non-hydrogen) atoms. The molecule has 0 unspecified atom stereocenters. The molecule has 1 aliphatic rings. The highest BCUT2D eigenvalue weighted by Crippen LogP contribution is 2.24. The Labute approximate surface area is 81.9 Å². The van der Waals surface area contributed by atoms with Crippen molar-refractivity contribution in [2.45, 2.75) is 25.8 Å². The lowest BCUT2D eigenvalue weighted by Gasteiger charge is -2.24. The molecule has 0 N–H and O–H groups in total. The molecule has 0 aliphatic carbocycles. The van der Waals surface area contributed by atoms with Gasteiger partial charge in [-0.2, -0.15) is 0 Å². The third-order valence-corrected chi connectivity index (χ3v) is 2.64. The third kappa shape index (κ3) is 1.69. The minimum Gasteiger partial charge on any atom is -0.381 e. The van der Waals surface area contributed by atoms with Crippen molar-refractivity contribution >= 4 is 11.6 Å². The highest BCUT2D eigenvalue weighted by atomic mass is 35.5. The predicted molar refractivity (Wildman–Crippen MR) is 48.9 cm³/mol. The fraction of sp³-hybridized carbons (Fsp3) is 0.750. The van der Waals surface area contributed by atoms with Crippen LogP contribution >= 0.6 is 11.6 Å². The van der Waals surface area contributed by atoms with Gasteiger partial charge in [-0.25, -0.2) is 0 Å². The first kappa shape index (κ1) is 8.97. The Morgan fingerprint density at radius 1 is 1.38 bits per heavy atom. The van der Waals surface area contributed by atoms with E-state index in [1.807, 2.05) is 11.5 Å². The van der Waals surface area contributed by atoms with Gasteiger partial charge in [-0.15, -0.1) is 10.2 Å². The number of hydrogen-bond acceptors (Lipinski definition) is 3. The highest BCUT2D eigenvalue weighted by Gasteiger charge is 2.20. The number of aryl methyl sites for hydroxylation is 1. The van der Waals surface area contributed by atoms with Crippen molar-refractivity contribution in [3.8, 4) is 0 Å². The van der Waals surface area contributed by atoms with Crippen LogP contribution in [0.3, 0.4) is 0 Å². The van der Waals surface area contributed by atoms with Crippen molar-refractivity contribution in [3.63, 3.8) is 0 Å². The lowest BCUT2D eigenvalue weighted by Crippen LogP contribution is -2.20. The maximum Gasteiger partial charge on any atom is 0.225 e. The molecule has 0 bridgehead atoms. The standard InChI is InChI=1S/C8H12ClN3O/c1-6-10-11-8(9)12(6)7-2-4-13-5-3-7/h7H,2-5H2,1H3. The Balaban J connectivity index is 2.22. The Kier molecular flexibility index (Phi) is 2.51. The topological polar surface area (TPSA) is 39.9 Å². The van der Waals surface area contributed by atoms with Gasteiger partial charge in [0, 0.05) is 19.3 Å². The zero-order valence-electron chi connectivity index (χ0n) is 7.53. The van der Waals surface area contributed by atoms with E-state index in [4.69, 9.17) is 16.3 Å². The van der Waals surface area contributed by atoms with Gasteiger partial charge in [0.05, 0.1) is 0 Å². The molecule has 1 saturated heterocycles. The zero-order valence-corrected chi connectivity index (χ0v) is 8.29. The first-order valence-electron chi connectivity index (χ1n) is 4.44. The second-order valence-corrected chi connectivity index (χ2v) is 3.57. The van der Waals surface area contributed by atoms with Crippen LogP contribution in [0.5, 0.6) is 0 Å². The lowest BCUT2D eigenvalue weighted by atomic mass is 10.1. The number of halogens is 1. The molecule has 72 valence electrons. The van der Waals surface area contributed by atoms with Crippen LogP contribution in [-0.2, 0) is 4.74 Å². The fourth-order valence-corrected chi connectivity index (χ4v) is 2.00. The quantitative estimate of drug-likeness (QED) is 0.693. The van der Waals surface area contributed by atoms with Crippen molar-refractivity contribution in [1.82, 2.24) is 14.8 Å². The number of ether oxygens (including phenoxy) is 1. The molecule has 2 rings (SSSR count). The Bertz CT molecular complexity index is 274. The van der Waals surface area contributed by atoms with Crippen LogP contribution in [0, 0.1) is 6.92 Å². The Hall–Kier alpha value is -0.610. The zero-order chi connectivity index (χ0) is 9.26. The summed E-state index contributed by atoms with van der Waals surface area (Å²) in [5.74, 6) is 0.886. The van der Waals surface area contributed by atoms with Crippen LogP contribution in [0.15, 0.2) is 0 Å². The lowest BCUT2D eigenvalue weighted by molar-refractivity contribution is 0.0690. The minimum atomic E-state index is 0.413. The van der Waals surface area contributed by atoms with Crippen molar-refractivity contribution < 1.29 is 4.74 Å². The summed E-state index contributed by atoms with van der Waals surface area (Å²) in [6.45, 7) is 3.53. The van der Waals surface area contributed by atoms with E-state index in [0.717, 1.165) is 31.9 Å². The Morgan fingerprint density at radius 3 is 2.62 bits per heavy atom. The molecule has 0 amide bonds. The Morgan fingerprint density at radius 2 is 2.08 bits per heavy atom. The summed E-state index contributed by atoms with van der Waals surface area (Å²) < 4.78 is 7.27. The number of rotatable bonds is 1. The maximum atomic E-state index is 5.93. The summed E-state index contributed by atoms with van der Waals surface area (Å²) in [6, 6.07) is 0.413. The first-order chi connectivity index (χ1) is 6.29. The van der Waals surface area contributed by atoms with Crippen molar-refractivity contribution in [2.24, 2.45) is 0 Å². The second-order valence-electron chi connectivity index (χ2n) is 3.23. The molecule has 1 aliphatic heterocycles. The van der Waals surface area contributed by atoms with Gasteiger partial charge in [-0.3, -0.25) is 4.57 Å². The normalized spacial score (nSPS) is 19.2. The number of nitrogens with zero attached hydrogens (tertiary/aromatic N) is 3. The van der Waals surface area contributed by atoms with Gasteiger partial charge in [-0.05, 0) is 31.4 Å². The second kappa shape index (κ2) is 3.64. The van der Waals surface area contributed by atoms with E-state index in [0.29, 0.717) is 11.3 Å². The van der Waals surface area contributed by atoms with Crippen LogP contribution < -0.4 is 0 Å². The number of hydrogen-bond donors (Lipinski definition) is 0. The molecular formula is C8H12ClN3O. The summed E-state index contributed by atoms with van der Waals surface area (Å²) in [6.07, 6.45) is 2.00. The minimum absolute atomic E-state index is 0.413. The fourth-order valence-electron chi connectivity index (χ4n) is 1.70. The summed E-state index contributed by atoms with van der Waals surface area (Å²) in [5, 5.41) is 8.25. The molecule has 1 aromatic rings. The summed E-state index contributed by atoms with van der Waals surface area (Å²) in [4.78, 5) is 0. The van der Waals surface area contributed by atoms with Crippen LogP contribution in [0.25, 0.3) is 0 Å². The molecule has 0 saturated carbocycles. The van der Waals surface area contributed by atoms with Crippen LogP contribution in [0.1, 0.15) is 24.7 Å². The molecule has 1 fully saturated rings. The SMILES string of the molecule is Cc1nnc(Cl)n1C1CCOCC1. The average molecular weight is 202 g/mol. The van der Waals surface area contributed by atoms with Gasteiger partial charge < -0.3 is 4.74 Å². The van der Waals surface area contributed by atoms with Gasteiger partial charge in [-0.1, -0.05) is 0 Å². The third-order valence-electron chi connectivity index (χ3n) is 2.38. The maximum absolute atomic E-state index is 5.93. The first-order valence-corrected chi connectivity index (χ1v) is 4.81. The van der Waals surface area contributed by atoms with Gasteiger partial charge in [0.2, 0.25) is 5.28 Å². The molecule has 0 aromatic carbocycles. The average Bonchev–Trinajstić information content (AvgIpc) is 2.48. The van der Waals surface area contributed by atoms with E-state index >= 15 is 0 Å². The van der Waals surface area contributed by atoms with Gasteiger partial charge in [0.25, 0.3) is 0 Å². The summed E-state index contributed by atoms with van der Waals surface area (Å²) in [5.41, 5.74) is 0. The van der Waals surface area contributed by atoms with Crippen molar-refractivity contribution in [2.75, 3.05) is 13.2 Å². The van der Waals surface area contributed by atoms with Gasteiger partial charge in [0.1, 0.15) is 5.82 Å². The smallest absolute Gasteiger partial charge is 0.225 e. The summed E-state index contributed by atoms with van der Waals surface area (Å²) >= 11 is 5.93. The summed E-state index contributed by atoms with van der Waals surface area (Å²) in [7, 11) is 0. The molecular weight excluding hydrogens is 190 g/mol. The highest BCUT2D eigenvalue weighted by molar-refractivity contribution is 6.28.